The summed E-state index contributed by atoms with van der Waals surface area (Å²) in [5, 5.41) is 3.17. The summed E-state index contributed by atoms with van der Waals surface area (Å²) in [5.41, 5.74) is 2.50. The molecule has 0 aliphatic heterocycles. The van der Waals surface area contributed by atoms with E-state index < -0.39 is 0 Å². The van der Waals surface area contributed by atoms with Crippen molar-refractivity contribution in [2.24, 2.45) is 5.92 Å². The summed E-state index contributed by atoms with van der Waals surface area (Å²) >= 11 is 0. The van der Waals surface area contributed by atoms with Crippen molar-refractivity contribution in [3.8, 4) is 5.75 Å². The minimum Gasteiger partial charge on any atom is -0.493 e. The Hall–Kier alpha value is -1.02. The van der Waals surface area contributed by atoms with Gasteiger partial charge in [-0.05, 0) is 38.3 Å². The molecule has 0 radical (unpaired) electrons. The van der Waals surface area contributed by atoms with E-state index in [0.717, 1.165) is 24.8 Å². The molecule has 0 saturated heterocycles. The van der Waals surface area contributed by atoms with Gasteiger partial charge in [-0.15, -0.1) is 0 Å². The summed E-state index contributed by atoms with van der Waals surface area (Å²) in [6, 6.07) is 6.33. The molecule has 0 unspecified atom stereocenters. The molecule has 2 rings (SSSR count). The van der Waals surface area contributed by atoms with Gasteiger partial charge in [0.15, 0.2) is 0 Å². The first-order valence-corrected chi connectivity index (χ1v) is 5.67. The molecule has 1 aromatic carbocycles. The van der Waals surface area contributed by atoms with Gasteiger partial charge in [0, 0.05) is 12.1 Å². The second-order valence-electron chi connectivity index (χ2n) is 4.35. The van der Waals surface area contributed by atoms with E-state index in [1.807, 2.05) is 7.05 Å². The molecule has 1 aromatic rings. The standard InChI is InChI=1S/C13H19NO/c1-10-4-3-5-12(8-14-2)13(10)15-9-11-6-7-11/h3-5,11,14H,6-9H2,1-2H3. The lowest BCUT2D eigenvalue weighted by Gasteiger charge is -2.13. The van der Waals surface area contributed by atoms with E-state index in [9.17, 15) is 0 Å². The van der Waals surface area contributed by atoms with E-state index in [1.165, 1.54) is 24.0 Å². The molecule has 0 aromatic heterocycles. The number of aryl methyl sites for hydroxylation is 1. The van der Waals surface area contributed by atoms with Crippen molar-refractivity contribution in [3.05, 3.63) is 29.3 Å². The normalized spacial score (nSPS) is 15.3. The molecule has 1 N–H and O–H groups in total. The van der Waals surface area contributed by atoms with E-state index >= 15 is 0 Å². The predicted octanol–water partition coefficient (Wildman–Crippen LogP) is 2.50. The summed E-state index contributed by atoms with van der Waals surface area (Å²) < 4.78 is 5.90. The molecule has 1 aliphatic rings. The average Bonchev–Trinajstić information content (AvgIpc) is 3.01. The average molecular weight is 205 g/mol. The Labute approximate surface area is 91.6 Å². The van der Waals surface area contributed by atoms with E-state index in [-0.39, 0.29) is 0 Å². The molecule has 0 amide bonds. The van der Waals surface area contributed by atoms with Gasteiger partial charge in [0.1, 0.15) is 5.75 Å². The number of rotatable bonds is 5. The lowest BCUT2D eigenvalue weighted by molar-refractivity contribution is 0.294. The largest absolute Gasteiger partial charge is 0.493 e. The van der Waals surface area contributed by atoms with Crippen LogP contribution in [0.3, 0.4) is 0 Å². The molecule has 2 heteroatoms. The fourth-order valence-electron chi connectivity index (χ4n) is 1.74. The maximum Gasteiger partial charge on any atom is 0.126 e. The topological polar surface area (TPSA) is 21.3 Å². The second-order valence-corrected chi connectivity index (χ2v) is 4.35. The zero-order valence-corrected chi connectivity index (χ0v) is 9.55. The van der Waals surface area contributed by atoms with Crippen LogP contribution in [-0.4, -0.2) is 13.7 Å². The van der Waals surface area contributed by atoms with Crippen LogP contribution in [0.4, 0.5) is 0 Å². The Morgan fingerprint density at radius 3 is 2.87 bits per heavy atom. The van der Waals surface area contributed by atoms with Crippen LogP contribution in [0.5, 0.6) is 5.75 Å². The third kappa shape index (κ3) is 2.72. The molecular weight excluding hydrogens is 186 g/mol. The zero-order chi connectivity index (χ0) is 10.7. The minimum atomic E-state index is 0.812. The summed E-state index contributed by atoms with van der Waals surface area (Å²) in [5.74, 6) is 1.89. The molecule has 2 nitrogen and oxygen atoms in total. The first-order valence-electron chi connectivity index (χ1n) is 5.67. The SMILES string of the molecule is CNCc1cccc(C)c1OCC1CC1. The number of nitrogens with one attached hydrogen (secondary N) is 1. The minimum absolute atomic E-state index is 0.812. The van der Waals surface area contributed by atoms with Gasteiger partial charge in [-0.1, -0.05) is 18.2 Å². The monoisotopic (exact) mass is 205 g/mol. The molecule has 82 valence electrons. The van der Waals surface area contributed by atoms with Crippen molar-refractivity contribution in [1.82, 2.24) is 5.32 Å². The fourth-order valence-corrected chi connectivity index (χ4v) is 1.74. The predicted molar refractivity (Wildman–Crippen MR) is 62.2 cm³/mol. The molecule has 0 heterocycles. The molecule has 0 spiro atoms. The van der Waals surface area contributed by atoms with Crippen molar-refractivity contribution < 1.29 is 4.74 Å². The first kappa shape index (κ1) is 10.5. The third-order valence-electron chi connectivity index (χ3n) is 2.82. The Kier molecular flexibility index (Phi) is 3.27. The summed E-state index contributed by atoms with van der Waals surface area (Å²) in [7, 11) is 1.97. The van der Waals surface area contributed by atoms with Gasteiger partial charge in [0.2, 0.25) is 0 Å². The van der Waals surface area contributed by atoms with Crippen LogP contribution in [0.25, 0.3) is 0 Å². The molecular formula is C13H19NO. The Morgan fingerprint density at radius 1 is 1.40 bits per heavy atom. The van der Waals surface area contributed by atoms with Crippen LogP contribution in [0.2, 0.25) is 0 Å². The van der Waals surface area contributed by atoms with Gasteiger partial charge in [-0.25, -0.2) is 0 Å². The Bertz CT molecular complexity index is 331. The molecule has 1 saturated carbocycles. The number of para-hydroxylation sites is 1. The van der Waals surface area contributed by atoms with Crippen LogP contribution in [-0.2, 0) is 6.54 Å². The first-order chi connectivity index (χ1) is 7.31. The van der Waals surface area contributed by atoms with Crippen LogP contribution in [0.1, 0.15) is 24.0 Å². The molecule has 15 heavy (non-hydrogen) atoms. The summed E-state index contributed by atoms with van der Waals surface area (Å²) in [6.07, 6.45) is 2.68. The van der Waals surface area contributed by atoms with Crippen molar-refractivity contribution >= 4 is 0 Å². The highest BCUT2D eigenvalue weighted by molar-refractivity contribution is 5.40. The van der Waals surface area contributed by atoms with Crippen molar-refractivity contribution in [1.29, 1.82) is 0 Å². The highest BCUT2D eigenvalue weighted by Crippen LogP contribution is 2.31. The fraction of sp³-hybridized carbons (Fsp3) is 0.538. The molecule has 1 aliphatic carbocycles. The van der Waals surface area contributed by atoms with E-state index in [1.54, 1.807) is 0 Å². The van der Waals surface area contributed by atoms with Gasteiger partial charge >= 0.3 is 0 Å². The van der Waals surface area contributed by atoms with Crippen molar-refractivity contribution in [2.45, 2.75) is 26.3 Å². The van der Waals surface area contributed by atoms with Crippen LogP contribution in [0, 0.1) is 12.8 Å². The highest BCUT2D eigenvalue weighted by atomic mass is 16.5. The van der Waals surface area contributed by atoms with Gasteiger partial charge in [0.25, 0.3) is 0 Å². The maximum absolute atomic E-state index is 5.90. The zero-order valence-electron chi connectivity index (χ0n) is 9.55. The quantitative estimate of drug-likeness (QED) is 0.797. The van der Waals surface area contributed by atoms with E-state index in [2.05, 4.69) is 30.4 Å². The van der Waals surface area contributed by atoms with Crippen LogP contribution >= 0.6 is 0 Å². The maximum atomic E-state index is 5.90. The molecule has 0 atom stereocenters. The second kappa shape index (κ2) is 4.67. The van der Waals surface area contributed by atoms with Gasteiger partial charge in [0.05, 0.1) is 6.61 Å². The number of benzene rings is 1. The number of ether oxygens (including phenoxy) is 1. The van der Waals surface area contributed by atoms with Gasteiger partial charge in [-0.3, -0.25) is 0 Å². The van der Waals surface area contributed by atoms with Crippen molar-refractivity contribution in [2.75, 3.05) is 13.7 Å². The molecule has 0 bridgehead atoms. The lowest BCUT2D eigenvalue weighted by atomic mass is 10.1. The van der Waals surface area contributed by atoms with Gasteiger partial charge in [-0.2, -0.15) is 0 Å². The highest BCUT2D eigenvalue weighted by Gasteiger charge is 2.22. The Morgan fingerprint density at radius 2 is 2.20 bits per heavy atom. The Balaban J connectivity index is 2.09. The van der Waals surface area contributed by atoms with Crippen LogP contribution < -0.4 is 10.1 Å². The number of hydrogen-bond acceptors (Lipinski definition) is 2. The van der Waals surface area contributed by atoms with Crippen LogP contribution in [0.15, 0.2) is 18.2 Å². The van der Waals surface area contributed by atoms with E-state index in [4.69, 9.17) is 4.74 Å². The lowest BCUT2D eigenvalue weighted by Crippen LogP contribution is -2.09. The summed E-state index contributed by atoms with van der Waals surface area (Å²) in [6.45, 7) is 3.88. The molecule has 1 fully saturated rings. The third-order valence-corrected chi connectivity index (χ3v) is 2.82. The van der Waals surface area contributed by atoms with Crippen molar-refractivity contribution in [3.63, 3.8) is 0 Å². The van der Waals surface area contributed by atoms with Gasteiger partial charge < -0.3 is 10.1 Å². The van der Waals surface area contributed by atoms with E-state index in [0.29, 0.717) is 0 Å². The smallest absolute Gasteiger partial charge is 0.126 e. The summed E-state index contributed by atoms with van der Waals surface area (Å²) in [4.78, 5) is 0. The number of hydrogen-bond donors (Lipinski definition) is 1.